The fourth-order valence-electron chi connectivity index (χ4n) is 2.93. The van der Waals surface area contributed by atoms with Gasteiger partial charge in [-0.2, -0.15) is 0 Å². The molecular weight excluding hydrogens is 196 g/mol. The Morgan fingerprint density at radius 2 is 1.94 bits per heavy atom. The molecule has 1 aliphatic rings. The highest BCUT2D eigenvalue weighted by atomic mass is 16.3. The lowest BCUT2D eigenvalue weighted by Gasteiger charge is -2.50. The van der Waals surface area contributed by atoms with E-state index in [0.29, 0.717) is 0 Å². The second-order valence-electron chi connectivity index (χ2n) is 6.77. The molecule has 1 rings (SSSR count). The summed E-state index contributed by atoms with van der Waals surface area (Å²) in [5.41, 5.74) is 1.81. The first-order valence-corrected chi connectivity index (χ1v) is 6.56. The topological polar surface area (TPSA) is 20.2 Å². The van der Waals surface area contributed by atoms with Gasteiger partial charge < -0.3 is 5.11 Å². The van der Waals surface area contributed by atoms with Crippen molar-refractivity contribution in [3.05, 3.63) is 11.6 Å². The van der Waals surface area contributed by atoms with Crippen LogP contribution < -0.4 is 0 Å². The highest BCUT2D eigenvalue weighted by molar-refractivity contribution is 5.21. The van der Waals surface area contributed by atoms with Gasteiger partial charge in [0.25, 0.3) is 0 Å². The molecule has 0 aromatic heterocycles. The molecule has 0 aliphatic heterocycles. The van der Waals surface area contributed by atoms with Crippen molar-refractivity contribution in [2.45, 2.75) is 66.9 Å². The molecule has 1 heteroatoms. The predicted octanol–water partition coefficient (Wildman–Crippen LogP) is 4.17. The first-order valence-electron chi connectivity index (χ1n) is 6.56. The lowest BCUT2D eigenvalue weighted by atomic mass is 9.55. The van der Waals surface area contributed by atoms with Crippen LogP contribution in [0.5, 0.6) is 0 Å². The zero-order chi connectivity index (χ0) is 12.6. The van der Waals surface area contributed by atoms with Crippen LogP contribution in [0.3, 0.4) is 0 Å². The van der Waals surface area contributed by atoms with Crippen molar-refractivity contribution in [2.24, 2.45) is 16.7 Å². The standard InChI is InChI=1S/C15H28O/c1-11(2)7-8-15(6)12(3)9-13(16)10-14(15,4)5/h9,11,13,16H,7-8,10H2,1-6H3/t13-,15?/m0/s1. The third kappa shape index (κ3) is 2.51. The van der Waals surface area contributed by atoms with Crippen LogP contribution in [-0.2, 0) is 0 Å². The van der Waals surface area contributed by atoms with Crippen molar-refractivity contribution in [1.82, 2.24) is 0 Å². The van der Waals surface area contributed by atoms with Gasteiger partial charge in [-0.3, -0.25) is 0 Å². The molecule has 0 bridgehead atoms. The maximum Gasteiger partial charge on any atom is 0.0729 e. The summed E-state index contributed by atoms with van der Waals surface area (Å²) in [6.45, 7) is 13.7. The van der Waals surface area contributed by atoms with Gasteiger partial charge in [-0.05, 0) is 36.5 Å². The molecule has 1 unspecified atom stereocenters. The first-order chi connectivity index (χ1) is 7.19. The van der Waals surface area contributed by atoms with Crippen molar-refractivity contribution in [1.29, 1.82) is 0 Å². The normalized spacial score (nSPS) is 34.0. The lowest BCUT2D eigenvalue weighted by molar-refractivity contribution is 0.0354. The molecule has 94 valence electrons. The zero-order valence-corrected chi connectivity index (χ0v) is 11.8. The summed E-state index contributed by atoms with van der Waals surface area (Å²) in [6.07, 6.45) is 5.19. The third-order valence-corrected chi connectivity index (χ3v) is 4.75. The van der Waals surface area contributed by atoms with Crippen molar-refractivity contribution in [3.8, 4) is 0 Å². The van der Waals surface area contributed by atoms with Gasteiger partial charge in [-0.1, -0.05) is 52.7 Å². The van der Waals surface area contributed by atoms with E-state index in [1.807, 2.05) is 0 Å². The third-order valence-electron chi connectivity index (χ3n) is 4.75. The SMILES string of the molecule is CC1=C[C@H](O)CC(C)(C)C1(C)CCC(C)C. The largest absolute Gasteiger partial charge is 0.389 e. The van der Waals surface area contributed by atoms with Gasteiger partial charge in [0.2, 0.25) is 0 Å². The Bertz CT molecular complexity index is 275. The van der Waals surface area contributed by atoms with E-state index in [0.717, 1.165) is 12.3 Å². The zero-order valence-electron chi connectivity index (χ0n) is 11.8. The predicted molar refractivity (Wildman–Crippen MR) is 70.3 cm³/mol. The van der Waals surface area contributed by atoms with E-state index in [-0.39, 0.29) is 16.9 Å². The number of allylic oxidation sites excluding steroid dienone is 1. The Morgan fingerprint density at radius 1 is 1.38 bits per heavy atom. The molecule has 0 aromatic carbocycles. The van der Waals surface area contributed by atoms with Gasteiger partial charge in [0, 0.05) is 0 Å². The number of aliphatic hydroxyl groups excluding tert-OH is 1. The molecule has 0 radical (unpaired) electrons. The summed E-state index contributed by atoms with van der Waals surface area (Å²) in [5.74, 6) is 0.757. The number of hydrogen-bond donors (Lipinski definition) is 1. The van der Waals surface area contributed by atoms with Crippen LogP contribution in [0.15, 0.2) is 11.6 Å². The van der Waals surface area contributed by atoms with Crippen molar-refractivity contribution in [3.63, 3.8) is 0 Å². The Hall–Kier alpha value is -0.300. The van der Waals surface area contributed by atoms with Gasteiger partial charge in [0.15, 0.2) is 0 Å². The van der Waals surface area contributed by atoms with Gasteiger partial charge in [0.05, 0.1) is 6.10 Å². The summed E-state index contributed by atoms with van der Waals surface area (Å²) in [7, 11) is 0. The molecule has 0 saturated carbocycles. The van der Waals surface area contributed by atoms with Gasteiger partial charge in [0.1, 0.15) is 0 Å². The number of rotatable bonds is 3. The van der Waals surface area contributed by atoms with Crippen LogP contribution in [-0.4, -0.2) is 11.2 Å². The van der Waals surface area contributed by atoms with Crippen LogP contribution >= 0.6 is 0 Å². The Labute approximate surface area is 101 Å². The highest BCUT2D eigenvalue weighted by Crippen LogP contribution is 2.53. The van der Waals surface area contributed by atoms with Gasteiger partial charge >= 0.3 is 0 Å². The molecule has 1 N–H and O–H groups in total. The van der Waals surface area contributed by atoms with E-state index in [1.54, 1.807) is 0 Å². The maximum atomic E-state index is 9.85. The average molecular weight is 224 g/mol. The fraction of sp³-hybridized carbons (Fsp3) is 0.867. The van der Waals surface area contributed by atoms with Crippen LogP contribution in [0.2, 0.25) is 0 Å². The average Bonchev–Trinajstić information content (AvgIpc) is 2.10. The molecule has 16 heavy (non-hydrogen) atoms. The fourth-order valence-corrected chi connectivity index (χ4v) is 2.93. The van der Waals surface area contributed by atoms with E-state index in [4.69, 9.17) is 0 Å². The van der Waals surface area contributed by atoms with E-state index in [2.05, 4.69) is 47.6 Å². The lowest BCUT2D eigenvalue weighted by Crippen LogP contribution is -2.42. The maximum absolute atomic E-state index is 9.85. The Morgan fingerprint density at radius 3 is 2.38 bits per heavy atom. The highest BCUT2D eigenvalue weighted by Gasteiger charge is 2.45. The smallest absolute Gasteiger partial charge is 0.0729 e. The summed E-state index contributed by atoms with van der Waals surface area (Å²) < 4.78 is 0. The molecule has 1 nitrogen and oxygen atoms in total. The molecule has 0 aromatic rings. The van der Waals surface area contributed by atoms with E-state index in [9.17, 15) is 5.11 Å². The van der Waals surface area contributed by atoms with Crippen LogP contribution in [0.25, 0.3) is 0 Å². The molecule has 2 atom stereocenters. The summed E-state index contributed by atoms with van der Waals surface area (Å²) in [6, 6.07) is 0. The van der Waals surface area contributed by atoms with Crippen LogP contribution in [0, 0.1) is 16.7 Å². The quantitative estimate of drug-likeness (QED) is 0.713. The molecule has 0 amide bonds. The minimum Gasteiger partial charge on any atom is -0.389 e. The van der Waals surface area contributed by atoms with Crippen molar-refractivity contribution >= 4 is 0 Å². The van der Waals surface area contributed by atoms with Crippen molar-refractivity contribution in [2.75, 3.05) is 0 Å². The second kappa shape index (κ2) is 4.52. The van der Waals surface area contributed by atoms with Crippen molar-refractivity contribution < 1.29 is 5.11 Å². The molecular formula is C15H28O. The number of hydrogen-bond acceptors (Lipinski definition) is 1. The minimum absolute atomic E-state index is 0.195. The molecule has 1 aliphatic carbocycles. The molecule has 0 fully saturated rings. The molecule has 0 spiro atoms. The Balaban J connectivity index is 2.93. The molecule has 0 heterocycles. The van der Waals surface area contributed by atoms with Gasteiger partial charge in [-0.25, -0.2) is 0 Å². The Kier molecular flexibility index (Phi) is 3.89. The van der Waals surface area contributed by atoms with E-state index in [1.165, 1.54) is 18.4 Å². The number of aliphatic hydroxyl groups is 1. The molecule has 0 saturated heterocycles. The monoisotopic (exact) mass is 224 g/mol. The summed E-state index contributed by atoms with van der Waals surface area (Å²) in [5, 5.41) is 9.85. The van der Waals surface area contributed by atoms with E-state index < -0.39 is 0 Å². The van der Waals surface area contributed by atoms with Gasteiger partial charge in [-0.15, -0.1) is 0 Å². The second-order valence-corrected chi connectivity index (χ2v) is 6.77. The van der Waals surface area contributed by atoms with E-state index >= 15 is 0 Å². The van der Waals surface area contributed by atoms with Crippen LogP contribution in [0.1, 0.15) is 60.8 Å². The minimum atomic E-state index is -0.248. The van der Waals surface area contributed by atoms with Crippen LogP contribution in [0.4, 0.5) is 0 Å². The first kappa shape index (κ1) is 13.8. The summed E-state index contributed by atoms with van der Waals surface area (Å²) >= 11 is 0. The summed E-state index contributed by atoms with van der Waals surface area (Å²) in [4.78, 5) is 0.